The number of hydrogen-bond donors (Lipinski definition) is 1. The highest BCUT2D eigenvalue weighted by Gasteiger charge is 2.21. The van der Waals surface area contributed by atoms with Crippen molar-refractivity contribution in [1.29, 1.82) is 0 Å². The maximum absolute atomic E-state index is 5.70. The number of rotatable bonds is 5. The van der Waals surface area contributed by atoms with Gasteiger partial charge in [-0.15, -0.1) is 0 Å². The van der Waals surface area contributed by atoms with E-state index in [1.165, 1.54) is 31.5 Å². The molecule has 2 aliphatic rings. The van der Waals surface area contributed by atoms with E-state index >= 15 is 0 Å². The van der Waals surface area contributed by atoms with Gasteiger partial charge in [-0.2, -0.15) is 0 Å². The van der Waals surface area contributed by atoms with Gasteiger partial charge in [0.2, 0.25) is 0 Å². The van der Waals surface area contributed by atoms with Crippen LogP contribution in [0.15, 0.2) is 16.6 Å². The fourth-order valence-corrected chi connectivity index (χ4v) is 3.61. The molecular formula is C17H25BrN2O2. The van der Waals surface area contributed by atoms with E-state index in [1.54, 1.807) is 0 Å². The molecule has 2 heterocycles. The summed E-state index contributed by atoms with van der Waals surface area (Å²) in [4.78, 5) is 2.54. The maximum Gasteiger partial charge on any atom is 0.162 e. The summed E-state index contributed by atoms with van der Waals surface area (Å²) in [6.45, 7) is 9.03. The Morgan fingerprint density at radius 1 is 1.18 bits per heavy atom. The number of nitrogens with zero attached hydrogens (tertiary/aromatic N) is 1. The molecule has 1 N–H and O–H groups in total. The number of ether oxygens (including phenoxy) is 2. The molecule has 1 aromatic rings. The molecule has 1 fully saturated rings. The van der Waals surface area contributed by atoms with Gasteiger partial charge in [-0.1, -0.05) is 22.9 Å². The smallest absolute Gasteiger partial charge is 0.162 e. The van der Waals surface area contributed by atoms with E-state index in [1.807, 2.05) is 6.07 Å². The van der Waals surface area contributed by atoms with E-state index in [-0.39, 0.29) is 0 Å². The molecule has 5 heteroatoms. The Kier molecular flexibility index (Phi) is 5.61. The number of fused-ring (bicyclic) bond motifs is 1. The first-order valence-corrected chi connectivity index (χ1v) is 9.06. The molecule has 0 aromatic heterocycles. The summed E-state index contributed by atoms with van der Waals surface area (Å²) in [5, 5.41) is 3.47. The van der Waals surface area contributed by atoms with Crippen LogP contribution in [0.25, 0.3) is 0 Å². The molecule has 2 aliphatic heterocycles. The maximum atomic E-state index is 5.70. The number of piperidine rings is 1. The van der Waals surface area contributed by atoms with Crippen molar-refractivity contribution in [3.63, 3.8) is 0 Å². The Bertz CT molecular complexity index is 502. The Labute approximate surface area is 141 Å². The zero-order valence-corrected chi connectivity index (χ0v) is 14.8. The minimum Gasteiger partial charge on any atom is -0.486 e. The van der Waals surface area contributed by atoms with E-state index in [0.29, 0.717) is 13.2 Å². The van der Waals surface area contributed by atoms with Crippen molar-refractivity contribution in [2.45, 2.75) is 26.3 Å². The number of benzene rings is 1. The van der Waals surface area contributed by atoms with Crippen molar-refractivity contribution >= 4 is 15.9 Å². The van der Waals surface area contributed by atoms with Crippen molar-refractivity contribution in [1.82, 2.24) is 10.2 Å². The number of likely N-dealkylation sites (tertiary alicyclic amines) is 1. The molecule has 0 amide bonds. The Morgan fingerprint density at radius 2 is 1.86 bits per heavy atom. The highest BCUT2D eigenvalue weighted by atomic mass is 79.9. The molecule has 4 nitrogen and oxygen atoms in total. The van der Waals surface area contributed by atoms with Gasteiger partial charge in [0, 0.05) is 11.0 Å². The van der Waals surface area contributed by atoms with Crippen LogP contribution in [-0.2, 0) is 6.54 Å². The van der Waals surface area contributed by atoms with Crippen LogP contribution in [0, 0.1) is 5.92 Å². The second-order valence-corrected chi connectivity index (χ2v) is 6.97. The van der Waals surface area contributed by atoms with Gasteiger partial charge in [-0.05, 0) is 62.6 Å². The summed E-state index contributed by atoms with van der Waals surface area (Å²) in [7, 11) is 0. The molecule has 0 saturated carbocycles. The Hall–Kier alpha value is -0.780. The molecule has 0 aliphatic carbocycles. The molecule has 1 aromatic carbocycles. The highest BCUT2D eigenvalue weighted by Crippen LogP contribution is 2.36. The quantitative estimate of drug-likeness (QED) is 0.865. The van der Waals surface area contributed by atoms with Crippen LogP contribution in [0.4, 0.5) is 0 Å². The van der Waals surface area contributed by atoms with Crippen molar-refractivity contribution in [3.8, 4) is 11.5 Å². The monoisotopic (exact) mass is 368 g/mol. The van der Waals surface area contributed by atoms with Gasteiger partial charge in [0.05, 0.1) is 0 Å². The van der Waals surface area contributed by atoms with E-state index in [0.717, 1.165) is 41.5 Å². The Balaban J connectivity index is 1.57. The fourth-order valence-electron chi connectivity index (χ4n) is 3.17. The number of halogens is 1. The topological polar surface area (TPSA) is 33.7 Å². The van der Waals surface area contributed by atoms with Crippen LogP contribution in [-0.4, -0.2) is 44.3 Å². The van der Waals surface area contributed by atoms with Gasteiger partial charge < -0.3 is 14.8 Å². The summed E-state index contributed by atoms with van der Waals surface area (Å²) in [6, 6.07) is 4.17. The van der Waals surface area contributed by atoms with Crippen molar-refractivity contribution in [2.75, 3.05) is 39.4 Å². The first-order chi connectivity index (χ1) is 10.8. The second-order valence-electron chi connectivity index (χ2n) is 6.11. The fraction of sp³-hybridized carbons (Fsp3) is 0.647. The third-order valence-corrected chi connectivity index (χ3v) is 5.23. The zero-order chi connectivity index (χ0) is 15.4. The van der Waals surface area contributed by atoms with E-state index in [9.17, 15) is 0 Å². The molecule has 3 rings (SSSR count). The van der Waals surface area contributed by atoms with Crippen molar-refractivity contribution in [2.24, 2.45) is 5.92 Å². The van der Waals surface area contributed by atoms with Crippen LogP contribution < -0.4 is 14.8 Å². The SMILES string of the molecule is CCNCC1CCN(Cc2cc3c(cc2Br)OCCO3)CC1. The summed E-state index contributed by atoms with van der Waals surface area (Å²) in [5.74, 6) is 2.57. The second kappa shape index (κ2) is 7.66. The van der Waals surface area contributed by atoms with E-state index in [2.05, 4.69) is 39.1 Å². The Morgan fingerprint density at radius 3 is 2.55 bits per heavy atom. The van der Waals surface area contributed by atoms with Crippen LogP contribution in [0.2, 0.25) is 0 Å². The summed E-state index contributed by atoms with van der Waals surface area (Å²) >= 11 is 3.68. The lowest BCUT2D eigenvalue weighted by atomic mass is 9.96. The lowest BCUT2D eigenvalue weighted by Crippen LogP contribution is -2.37. The van der Waals surface area contributed by atoms with E-state index < -0.39 is 0 Å². The molecule has 122 valence electrons. The minimum absolute atomic E-state index is 0.637. The third-order valence-electron chi connectivity index (χ3n) is 4.50. The van der Waals surface area contributed by atoms with E-state index in [4.69, 9.17) is 9.47 Å². The van der Waals surface area contributed by atoms with Crippen LogP contribution in [0.1, 0.15) is 25.3 Å². The number of nitrogens with one attached hydrogen (secondary N) is 1. The zero-order valence-electron chi connectivity index (χ0n) is 13.2. The van der Waals surface area contributed by atoms with Crippen LogP contribution in [0.5, 0.6) is 11.5 Å². The lowest BCUT2D eigenvalue weighted by molar-refractivity contribution is 0.167. The molecule has 22 heavy (non-hydrogen) atoms. The minimum atomic E-state index is 0.637. The van der Waals surface area contributed by atoms with Gasteiger partial charge in [-0.25, -0.2) is 0 Å². The third kappa shape index (κ3) is 3.94. The molecule has 1 saturated heterocycles. The molecule has 0 unspecified atom stereocenters. The first kappa shape index (κ1) is 16.1. The molecule has 0 radical (unpaired) electrons. The average Bonchev–Trinajstić information content (AvgIpc) is 2.55. The summed E-state index contributed by atoms with van der Waals surface area (Å²) in [6.07, 6.45) is 2.57. The normalized spacial score (nSPS) is 19.4. The standard InChI is InChI=1S/C17H25BrN2O2/c1-2-19-11-13-3-5-20(6-4-13)12-14-9-16-17(10-15(14)18)22-8-7-21-16/h9-10,13,19H,2-8,11-12H2,1H3. The van der Waals surface area contributed by atoms with Crippen molar-refractivity contribution in [3.05, 3.63) is 22.2 Å². The molecule has 0 atom stereocenters. The molecular weight excluding hydrogens is 344 g/mol. The largest absolute Gasteiger partial charge is 0.486 e. The molecule has 0 spiro atoms. The highest BCUT2D eigenvalue weighted by molar-refractivity contribution is 9.10. The predicted molar refractivity (Wildman–Crippen MR) is 91.7 cm³/mol. The average molecular weight is 369 g/mol. The molecule has 0 bridgehead atoms. The van der Waals surface area contributed by atoms with Crippen LogP contribution in [0.3, 0.4) is 0 Å². The van der Waals surface area contributed by atoms with Gasteiger partial charge in [0.15, 0.2) is 11.5 Å². The van der Waals surface area contributed by atoms with Gasteiger partial charge >= 0.3 is 0 Å². The predicted octanol–water partition coefficient (Wildman–Crippen LogP) is 3.04. The van der Waals surface area contributed by atoms with Gasteiger partial charge in [0.25, 0.3) is 0 Å². The van der Waals surface area contributed by atoms with Gasteiger partial charge in [0.1, 0.15) is 13.2 Å². The summed E-state index contributed by atoms with van der Waals surface area (Å²) in [5.41, 5.74) is 1.29. The van der Waals surface area contributed by atoms with Gasteiger partial charge in [-0.3, -0.25) is 4.90 Å². The van der Waals surface area contributed by atoms with Crippen LogP contribution >= 0.6 is 15.9 Å². The van der Waals surface area contributed by atoms with Crippen molar-refractivity contribution < 1.29 is 9.47 Å². The lowest BCUT2D eigenvalue weighted by Gasteiger charge is -2.32. The first-order valence-electron chi connectivity index (χ1n) is 8.27. The number of hydrogen-bond acceptors (Lipinski definition) is 4. The summed E-state index contributed by atoms with van der Waals surface area (Å²) < 4.78 is 12.4.